The molecule has 0 aliphatic carbocycles. The molecule has 4 rings (SSSR count). The van der Waals surface area contributed by atoms with Crippen molar-refractivity contribution in [3.05, 3.63) is 106 Å². The van der Waals surface area contributed by atoms with Crippen molar-refractivity contribution in [1.82, 2.24) is 20.3 Å². The first-order chi connectivity index (χ1) is 18.2. The molecule has 0 radical (unpaired) electrons. The Morgan fingerprint density at radius 2 is 1.82 bits per heavy atom. The van der Waals surface area contributed by atoms with Crippen LogP contribution in [-0.4, -0.2) is 33.5 Å². The molecule has 8 nitrogen and oxygen atoms in total. The number of alkyl halides is 3. The molecule has 2 aromatic carbocycles. The number of benzene rings is 2. The minimum atomic E-state index is -4.48. The first-order valence-electron chi connectivity index (χ1n) is 11.1. The molecular formula is C25H20Cl2F3N7O. The summed E-state index contributed by atoms with van der Waals surface area (Å²) in [6, 6.07) is 12.0. The van der Waals surface area contributed by atoms with Crippen molar-refractivity contribution < 1.29 is 18.0 Å². The van der Waals surface area contributed by atoms with Crippen LogP contribution in [0.25, 0.3) is 0 Å². The second kappa shape index (κ2) is 12.0. The summed E-state index contributed by atoms with van der Waals surface area (Å²) in [5.74, 6) is 0.0850. The van der Waals surface area contributed by atoms with Crippen molar-refractivity contribution in [1.29, 1.82) is 0 Å². The number of aromatic amines is 1. The van der Waals surface area contributed by atoms with E-state index in [0.29, 0.717) is 27.1 Å². The number of hydrogen-bond acceptors (Lipinski definition) is 4. The van der Waals surface area contributed by atoms with E-state index in [4.69, 9.17) is 23.2 Å². The molecule has 4 N–H and O–H groups in total. The molecule has 13 heteroatoms. The lowest BCUT2D eigenvalue weighted by Gasteiger charge is -2.17. The van der Waals surface area contributed by atoms with E-state index in [1.54, 1.807) is 48.9 Å². The normalized spacial score (nSPS) is 12.6. The van der Waals surface area contributed by atoms with Gasteiger partial charge in [0, 0.05) is 34.3 Å². The first-order valence-corrected chi connectivity index (χ1v) is 11.9. The maximum atomic E-state index is 13.0. The van der Waals surface area contributed by atoms with Crippen molar-refractivity contribution in [2.24, 2.45) is 4.99 Å². The molecule has 196 valence electrons. The molecule has 2 heterocycles. The number of nitrogens with one attached hydrogen (secondary N) is 4. The molecule has 0 bridgehead atoms. The number of guanidine groups is 1. The lowest BCUT2D eigenvalue weighted by atomic mass is 9.98. The number of rotatable bonds is 6. The topological polar surface area (TPSA) is 107 Å². The fourth-order valence-electron chi connectivity index (χ4n) is 3.46. The average molecular weight is 562 g/mol. The van der Waals surface area contributed by atoms with Gasteiger partial charge in [0.1, 0.15) is 5.82 Å². The summed E-state index contributed by atoms with van der Waals surface area (Å²) in [7, 11) is 0. The van der Waals surface area contributed by atoms with Crippen LogP contribution >= 0.6 is 23.2 Å². The Kier molecular flexibility index (Phi) is 8.49. The van der Waals surface area contributed by atoms with E-state index < -0.39 is 23.7 Å². The molecule has 4 aromatic rings. The third kappa shape index (κ3) is 7.24. The van der Waals surface area contributed by atoms with E-state index in [2.05, 4.69) is 35.9 Å². The van der Waals surface area contributed by atoms with Gasteiger partial charge in [-0.25, -0.2) is 9.78 Å². The number of nitrogens with zero attached hydrogens (tertiary/aromatic N) is 3. The average Bonchev–Trinajstić information content (AvgIpc) is 3.40. The van der Waals surface area contributed by atoms with Gasteiger partial charge in [0.15, 0.2) is 0 Å². The number of imidazole rings is 1. The van der Waals surface area contributed by atoms with Gasteiger partial charge >= 0.3 is 12.2 Å². The van der Waals surface area contributed by atoms with E-state index in [1.165, 1.54) is 18.3 Å². The van der Waals surface area contributed by atoms with Crippen LogP contribution in [-0.2, 0) is 6.18 Å². The first kappa shape index (κ1) is 27.0. The Balaban J connectivity index is 1.61. The summed E-state index contributed by atoms with van der Waals surface area (Å²) in [5, 5.41) is 8.92. The number of halogens is 5. The Morgan fingerprint density at radius 1 is 1.03 bits per heavy atom. The summed E-state index contributed by atoms with van der Waals surface area (Å²) >= 11 is 12.5. The number of aliphatic imine (C=N–C) groups is 1. The second-order valence-corrected chi connectivity index (χ2v) is 8.75. The van der Waals surface area contributed by atoms with E-state index in [0.717, 1.165) is 12.1 Å². The third-order valence-electron chi connectivity index (χ3n) is 5.25. The van der Waals surface area contributed by atoms with Gasteiger partial charge in [-0.2, -0.15) is 13.2 Å². The van der Waals surface area contributed by atoms with Crippen LogP contribution in [0.15, 0.2) is 84.4 Å². The lowest BCUT2D eigenvalue weighted by molar-refractivity contribution is -0.137. The van der Waals surface area contributed by atoms with Gasteiger partial charge in [0.2, 0.25) is 5.96 Å². The number of anilines is 2. The largest absolute Gasteiger partial charge is 0.416 e. The minimum Gasteiger partial charge on any atom is -0.348 e. The summed E-state index contributed by atoms with van der Waals surface area (Å²) in [5.41, 5.74) is 0.584. The van der Waals surface area contributed by atoms with Crippen LogP contribution < -0.4 is 16.0 Å². The quantitative estimate of drug-likeness (QED) is 0.158. The maximum absolute atomic E-state index is 13.0. The molecular weight excluding hydrogens is 542 g/mol. The van der Waals surface area contributed by atoms with Crippen LogP contribution in [0.3, 0.4) is 0 Å². The Labute approximate surface area is 225 Å². The van der Waals surface area contributed by atoms with Crippen molar-refractivity contribution in [2.45, 2.75) is 12.1 Å². The highest BCUT2D eigenvalue weighted by Gasteiger charge is 2.30. The minimum absolute atomic E-state index is 0.0206. The van der Waals surface area contributed by atoms with Crippen LogP contribution in [0.2, 0.25) is 10.0 Å². The predicted molar refractivity (Wildman–Crippen MR) is 141 cm³/mol. The van der Waals surface area contributed by atoms with Gasteiger partial charge in [-0.05, 0) is 54.1 Å². The molecule has 0 aliphatic heterocycles. The van der Waals surface area contributed by atoms with Gasteiger partial charge in [-0.15, -0.1) is 0 Å². The fraction of sp³-hybridized carbons (Fsp3) is 0.120. The molecule has 38 heavy (non-hydrogen) atoms. The van der Waals surface area contributed by atoms with E-state index in [1.807, 2.05) is 0 Å². The molecule has 0 fully saturated rings. The van der Waals surface area contributed by atoms with Gasteiger partial charge in [-0.1, -0.05) is 29.3 Å². The monoisotopic (exact) mass is 561 g/mol. The summed E-state index contributed by atoms with van der Waals surface area (Å²) < 4.78 is 38.9. The molecule has 0 saturated carbocycles. The summed E-state index contributed by atoms with van der Waals surface area (Å²) in [6.45, 7) is 0.0605. The molecule has 1 unspecified atom stereocenters. The number of aromatic nitrogens is 3. The number of urea groups is 1. The highest BCUT2D eigenvalue weighted by atomic mass is 35.5. The van der Waals surface area contributed by atoms with Crippen molar-refractivity contribution >= 4 is 46.6 Å². The van der Waals surface area contributed by atoms with Crippen LogP contribution in [0.4, 0.5) is 29.3 Å². The molecule has 0 aliphatic rings. The number of hydrogen-bond donors (Lipinski definition) is 4. The van der Waals surface area contributed by atoms with Crippen molar-refractivity contribution in [3.8, 4) is 0 Å². The third-order valence-corrected chi connectivity index (χ3v) is 5.81. The molecule has 0 spiro atoms. The number of H-pyrrole nitrogens is 1. The van der Waals surface area contributed by atoms with Gasteiger partial charge < -0.3 is 15.6 Å². The van der Waals surface area contributed by atoms with Crippen molar-refractivity contribution in [2.75, 3.05) is 17.2 Å². The molecule has 0 saturated heterocycles. The zero-order chi connectivity index (χ0) is 27.1. The lowest BCUT2D eigenvalue weighted by Crippen LogP contribution is -2.39. The van der Waals surface area contributed by atoms with E-state index in [9.17, 15) is 18.0 Å². The highest BCUT2D eigenvalue weighted by Crippen LogP contribution is 2.32. The highest BCUT2D eigenvalue weighted by molar-refractivity contribution is 6.35. The molecule has 1 atom stereocenters. The molecule has 2 amide bonds. The number of pyridine rings is 1. The van der Waals surface area contributed by atoms with Gasteiger partial charge in [0.25, 0.3) is 0 Å². The second-order valence-electron chi connectivity index (χ2n) is 7.90. The SMILES string of the molecule is O=C(NC(=NCC(c1ncc[nH]1)c1ccc(Cl)cc1Cl)Nc1ccc(C(F)(F)F)cc1)Nc1cccnc1. The Morgan fingerprint density at radius 3 is 2.45 bits per heavy atom. The van der Waals surface area contributed by atoms with E-state index >= 15 is 0 Å². The molecule has 2 aromatic heterocycles. The van der Waals surface area contributed by atoms with Crippen LogP contribution in [0, 0.1) is 0 Å². The Hall–Kier alpha value is -4.09. The van der Waals surface area contributed by atoms with Crippen LogP contribution in [0.1, 0.15) is 22.9 Å². The number of carbonyl (C=O) groups is 1. The summed E-state index contributed by atoms with van der Waals surface area (Å²) in [6.07, 6.45) is 1.76. The van der Waals surface area contributed by atoms with Crippen molar-refractivity contribution in [3.63, 3.8) is 0 Å². The van der Waals surface area contributed by atoms with Gasteiger partial charge in [-0.3, -0.25) is 15.3 Å². The van der Waals surface area contributed by atoms with E-state index in [-0.39, 0.29) is 18.2 Å². The summed E-state index contributed by atoms with van der Waals surface area (Å²) in [4.78, 5) is 28.5. The predicted octanol–water partition coefficient (Wildman–Crippen LogP) is 6.55. The number of carbonyl (C=O) groups excluding carboxylic acids is 1. The number of amides is 2. The zero-order valence-corrected chi connectivity index (χ0v) is 20.9. The zero-order valence-electron chi connectivity index (χ0n) is 19.4. The maximum Gasteiger partial charge on any atom is 0.416 e. The standard InChI is InChI=1S/C25H20Cl2F3N7O/c26-16-5-8-19(21(27)12-16)20(22-32-10-11-33-22)14-34-23(37-24(38)36-18-2-1-9-31-13-18)35-17-6-3-15(4-7-17)25(28,29)30/h1-13,20H,14H2,(H,32,33)(H3,34,35,36,37,38). The smallest absolute Gasteiger partial charge is 0.348 e. The Bertz CT molecular complexity index is 1400. The van der Waals surface area contributed by atoms with Gasteiger partial charge in [0.05, 0.1) is 29.9 Å². The fourth-order valence-corrected chi connectivity index (χ4v) is 4.00. The van der Waals surface area contributed by atoms with Crippen LogP contribution in [0.5, 0.6) is 0 Å².